The lowest BCUT2D eigenvalue weighted by Crippen LogP contribution is -2.38. The van der Waals surface area contributed by atoms with Gasteiger partial charge in [0.25, 0.3) is 0 Å². The van der Waals surface area contributed by atoms with Crippen LogP contribution in [0.2, 0.25) is 0 Å². The molecule has 0 N–H and O–H groups in total. The summed E-state index contributed by atoms with van der Waals surface area (Å²) in [5.74, 6) is -0.624. The van der Waals surface area contributed by atoms with Gasteiger partial charge in [0.05, 0.1) is 12.9 Å². The van der Waals surface area contributed by atoms with E-state index in [4.69, 9.17) is 0 Å². The zero-order valence-corrected chi connectivity index (χ0v) is 12.6. The fraction of sp³-hybridized carbons (Fsp3) is 0.538. The second kappa shape index (κ2) is 7.96. The van der Waals surface area contributed by atoms with E-state index in [0.717, 1.165) is 0 Å². The van der Waals surface area contributed by atoms with Crippen LogP contribution in [0.4, 0.5) is 0 Å². The highest BCUT2D eigenvalue weighted by Crippen LogP contribution is 2.06. The average Bonchev–Trinajstić information content (AvgIpc) is 2.45. The van der Waals surface area contributed by atoms with Gasteiger partial charge in [-0.3, -0.25) is 9.78 Å². The summed E-state index contributed by atoms with van der Waals surface area (Å²) in [6.45, 7) is 1.92. The third-order valence-corrected chi connectivity index (χ3v) is 4.56. The van der Waals surface area contributed by atoms with Gasteiger partial charge >= 0.3 is 5.97 Å². The summed E-state index contributed by atoms with van der Waals surface area (Å²) in [5.41, 5.74) is 0.714. The quantitative estimate of drug-likeness (QED) is 0.665. The topological polar surface area (TPSA) is 76.6 Å². The van der Waals surface area contributed by atoms with E-state index < -0.39 is 16.0 Å². The smallest absolute Gasteiger partial charge is 0.321 e. The van der Waals surface area contributed by atoms with E-state index in [1.165, 1.54) is 11.4 Å². The molecule has 1 aromatic rings. The van der Waals surface area contributed by atoms with E-state index in [9.17, 15) is 13.2 Å². The average molecular weight is 300 g/mol. The Balaban J connectivity index is 2.70. The van der Waals surface area contributed by atoms with Crippen molar-refractivity contribution in [1.29, 1.82) is 0 Å². The number of ether oxygens (including phenoxy) is 1. The van der Waals surface area contributed by atoms with Crippen LogP contribution in [-0.2, 0) is 26.0 Å². The first-order valence-corrected chi connectivity index (χ1v) is 8.05. The first-order chi connectivity index (χ1) is 9.49. The van der Waals surface area contributed by atoms with Crippen LogP contribution in [0, 0.1) is 0 Å². The Morgan fingerprint density at radius 1 is 1.40 bits per heavy atom. The predicted octanol–water partition coefficient (Wildman–Crippen LogP) is 0.839. The van der Waals surface area contributed by atoms with E-state index >= 15 is 0 Å². The molecule has 0 atom stereocenters. The lowest BCUT2D eigenvalue weighted by atomic mass is 10.3. The maximum Gasteiger partial charge on any atom is 0.321 e. The van der Waals surface area contributed by atoms with Crippen LogP contribution < -0.4 is 0 Å². The molecule has 0 saturated heterocycles. The molecule has 0 spiro atoms. The maximum absolute atomic E-state index is 12.2. The number of pyridine rings is 1. The van der Waals surface area contributed by atoms with Crippen molar-refractivity contribution in [2.45, 2.75) is 19.8 Å². The van der Waals surface area contributed by atoms with E-state index in [2.05, 4.69) is 9.72 Å². The summed E-state index contributed by atoms with van der Waals surface area (Å²) in [6, 6.07) is 5.37. The van der Waals surface area contributed by atoms with Gasteiger partial charge in [-0.2, -0.15) is 4.31 Å². The number of carbonyl (C=O) groups is 1. The number of methoxy groups -OCH3 is 1. The monoisotopic (exact) mass is 300 g/mol. The Morgan fingerprint density at radius 3 is 2.70 bits per heavy atom. The van der Waals surface area contributed by atoms with E-state index in [-0.39, 0.29) is 12.3 Å². The number of carbonyl (C=O) groups excluding carboxylic acids is 1. The minimum atomic E-state index is -3.50. The zero-order chi connectivity index (χ0) is 15.0. The van der Waals surface area contributed by atoms with Gasteiger partial charge in [0, 0.05) is 24.9 Å². The lowest BCUT2D eigenvalue weighted by molar-refractivity contribution is -0.140. The molecule has 0 saturated carbocycles. The van der Waals surface area contributed by atoms with Gasteiger partial charge in [-0.05, 0) is 18.6 Å². The van der Waals surface area contributed by atoms with Crippen molar-refractivity contribution in [3.05, 3.63) is 30.1 Å². The molecule has 0 amide bonds. The van der Waals surface area contributed by atoms with Crippen LogP contribution in [0.25, 0.3) is 0 Å². The molecule has 0 aliphatic rings. The van der Waals surface area contributed by atoms with Gasteiger partial charge in [0.15, 0.2) is 0 Å². The number of rotatable bonds is 8. The van der Waals surface area contributed by atoms with Crippen LogP contribution in [-0.4, -0.2) is 49.6 Å². The lowest BCUT2D eigenvalue weighted by Gasteiger charge is -2.20. The van der Waals surface area contributed by atoms with Crippen molar-refractivity contribution >= 4 is 16.0 Å². The van der Waals surface area contributed by atoms with Crippen molar-refractivity contribution < 1.29 is 17.9 Å². The van der Waals surface area contributed by atoms with Crippen LogP contribution in [0.5, 0.6) is 0 Å². The van der Waals surface area contributed by atoms with Crippen molar-refractivity contribution in [1.82, 2.24) is 9.29 Å². The molecule has 7 heteroatoms. The van der Waals surface area contributed by atoms with Crippen LogP contribution in [0.3, 0.4) is 0 Å². The van der Waals surface area contributed by atoms with Crippen LogP contribution in [0.15, 0.2) is 24.4 Å². The molecule has 1 aromatic heterocycles. The normalized spacial score (nSPS) is 11.6. The molecule has 0 radical (unpaired) electrons. The molecule has 6 nitrogen and oxygen atoms in total. The molecule has 0 aliphatic carbocycles. The number of aromatic nitrogens is 1. The summed E-state index contributed by atoms with van der Waals surface area (Å²) >= 11 is 0. The number of aryl methyl sites for hydroxylation is 1. The molecule has 0 fully saturated rings. The summed E-state index contributed by atoms with van der Waals surface area (Å²) in [5, 5.41) is 0. The van der Waals surface area contributed by atoms with E-state index in [1.54, 1.807) is 18.3 Å². The first kappa shape index (κ1) is 16.6. The van der Waals surface area contributed by atoms with Crippen LogP contribution in [0.1, 0.15) is 19.0 Å². The number of esters is 1. The molecule has 1 rings (SSSR count). The minimum Gasteiger partial charge on any atom is -0.468 e. The number of nitrogens with zero attached hydrogens (tertiary/aromatic N) is 2. The highest BCUT2D eigenvalue weighted by molar-refractivity contribution is 7.89. The summed E-state index contributed by atoms with van der Waals surface area (Å²) in [4.78, 5) is 15.4. The van der Waals surface area contributed by atoms with Gasteiger partial charge in [0.2, 0.25) is 10.0 Å². The number of hydrogen-bond donors (Lipinski definition) is 0. The Hall–Kier alpha value is -1.47. The third-order valence-electron chi connectivity index (χ3n) is 2.74. The van der Waals surface area contributed by atoms with Crippen molar-refractivity contribution in [2.24, 2.45) is 0 Å². The Kier molecular flexibility index (Phi) is 6.60. The minimum absolute atomic E-state index is 0.0684. The van der Waals surface area contributed by atoms with Crippen molar-refractivity contribution in [2.75, 3.05) is 26.0 Å². The van der Waals surface area contributed by atoms with Crippen molar-refractivity contribution in [3.63, 3.8) is 0 Å². The number of hydrogen-bond acceptors (Lipinski definition) is 5. The number of sulfonamides is 1. The summed E-state index contributed by atoms with van der Waals surface area (Å²) < 4.78 is 30.2. The summed E-state index contributed by atoms with van der Waals surface area (Å²) in [7, 11) is -2.25. The van der Waals surface area contributed by atoms with E-state index in [1.807, 2.05) is 13.0 Å². The highest BCUT2D eigenvalue weighted by Gasteiger charge is 2.24. The van der Waals surface area contributed by atoms with Gasteiger partial charge in [-0.15, -0.1) is 0 Å². The maximum atomic E-state index is 12.2. The molecule has 112 valence electrons. The Morgan fingerprint density at radius 2 is 2.15 bits per heavy atom. The molecular weight excluding hydrogens is 280 g/mol. The second-order valence-corrected chi connectivity index (χ2v) is 6.39. The van der Waals surface area contributed by atoms with Gasteiger partial charge in [-0.25, -0.2) is 8.42 Å². The van der Waals surface area contributed by atoms with Crippen LogP contribution >= 0.6 is 0 Å². The zero-order valence-electron chi connectivity index (χ0n) is 11.8. The second-order valence-electron chi connectivity index (χ2n) is 4.30. The van der Waals surface area contributed by atoms with Crippen molar-refractivity contribution in [3.8, 4) is 0 Å². The molecular formula is C13H20N2O4S. The first-order valence-electron chi connectivity index (χ1n) is 6.44. The molecule has 0 unspecified atom stereocenters. The molecule has 20 heavy (non-hydrogen) atoms. The Bertz CT molecular complexity index is 516. The van der Waals surface area contributed by atoms with Gasteiger partial charge < -0.3 is 4.74 Å². The summed E-state index contributed by atoms with van der Waals surface area (Å²) in [6.07, 6.45) is 2.59. The SMILES string of the molecule is CCCN(CC(=O)OC)S(=O)(=O)CCc1ccccn1. The van der Waals surface area contributed by atoms with Gasteiger partial charge in [-0.1, -0.05) is 13.0 Å². The Labute approximate surface area is 119 Å². The third kappa shape index (κ3) is 5.26. The standard InChI is InChI=1S/C13H20N2O4S/c1-3-9-15(11-13(16)19-2)20(17,18)10-7-12-6-4-5-8-14-12/h4-6,8H,3,7,9-11H2,1-2H3. The molecule has 0 aromatic carbocycles. The predicted molar refractivity (Wildman–Crippen MR) is 75.6 cm³/mol. The van der Waals surface area contributed by atoms with Gasteiger partial charge in [0.1, 0.15) is 6.54 Å². The largest absolute Gasteiger partial charge is 0.468 e. The fourth-order valence-electron chi connectivity index (χ4n) is 1.68. The molecule has 0 aliphatic heterocycles. The highest BCUT2D eigenvalue weighted by atomic mass is 32.2. The fourth-order valence-corrected chi connectivity index (χ4v) is 3.17. The molecule has 1 heterocycles. The van der Waals surface area contributed by atoms with E-state index in [0.29, 0.717) is 25.1 Å². The molecule has 0 bridgehead atoms.